The lowest BCUT2D eigenvalue weighted by Crippen LogP contribution is -2.51. The highest BCUT2D eigenvalue weighted by atomic mass is 32.2. The number of anilines is 2. The third-order valence-corrected chi connectivity index (χ3v) is 8.42. The molecule has 0 spiro atoms. The molecule has 0 bridgehead atoms. The smallest absolute Gasteiger partial charge is 0.252 e. The highest BCUT2D eigenvalue weighted by molar-refractivity contribution is 7.89. The van der Waals surface area contributed by atoms with E-state index in [0.29, 0.717) is 30.0 Å². The van der Waals surface area contributed by atoms with Crippen molar-refractivity contribution in [1.29, 1.82) is 0 Å². The number of rotatable bonds is 7. The van der Waals surface area contributed by atoms with Gasteiger partial charge in [-0.3, -0.25) is 14.4 Å². The van der Waals surface area contributed by atoms with Crippen LogP contribution in [0.15, 0.2) is 53.4 Å². The van der Waals surface area contributed by atoms with Crippen molar-refractivity contribution in [2.24, 2.45) is 0 Å². The normalized spacial score (nSPS) is 19.3. The monoisotopic (exact) mass is 499 g/mol. The van der Waals surface area contributed by atoms with Gasteiger partial charge in [0.2, 0.25) is 21.8 Å². The zero-order valence-electron chi connectivity index (χ0n) is 19.8. The molecule has 2 aromatic rings. The summed E-state index contributed by atoms with van der Waals surface area (Å²) in [6, 6.07) is 10.9. The highest BCUT2D eigenvalue weighted by Gasteiger charge is 2.49. The molecule has 2 aromatic carbocycles. The molecule has 2 aliphatic rings. The van der Waals surface area contributed by atoms with E-state index in [1.165, 1.54) is 30.5 Å². The zero-order chi connectivity index (χ0) is 25.2. The van der Waals surface area contributed by atoms with Gasteiger partial charge in [-0.2, -0.15) is 4.31 Å². The molecule has 3 amide bonds. The predicted octanol–water partition coefficient (Wildman–Crippen LogP) is 3.31. The molecule has 186 valence electrons. The van der Waals surface area contributed by atoms with Crippen LogP contribution >= 0.6 is 0 Å². The molecule has 0 radical (unpaired) electrons. The Morgan fingerprint density at radius 3 is 2.20 bits per heavy atom. The summed E-state index contributed by atoms with van der Waals surface area (Å²) in [7, 11) is -2.56. The second-order valence-electron chi connectivity index (χ2n) is 8.82. The molecule has 1 saturated carbocycles. The Balaban J connectivity index is 1.67. The van der Waals surface area contributed by atoms with Gasteiger partial charge in [0, 0.05) is 18.7 Å². The number of amides is 3. The van der Waals surface area contributed by atoms with E-state index in [2.05, 4.69) is 5.32 Å². The van der Waals surface area contributed by atoms with Crippen LogP contribution in [0.1, 0.15) is 45.4 Å². The summed E-state index contributed by atoms with van der Waals surface area (Å²) in [4.78, 5) is 38.9. The van der Waals surface area contributed by atoms with Crippen molar-refractivity contribution in [3.8, 4) is 5.75 Å². The van der Waals surface area contributed by atoms with Crippen LogP contribution in [-0.4, -0.2) is 49.6 Å². The predicted molar refractivity (Wildman–Crippen MR) is 131 cm³/mol. The largest absolute Gasteiger partial charge is 0.497 e. The van der Waals surface area contributed by atoms with E-state index in [9.17, 15) is 22.8 Å². The van der Waals surface area contributed by atoms with Crippen molar-refractivity contribution < 1.29 is 27.5 Å². The summed E-state index contributed by atoms with van der Waals surface area (Å²) in [6.45, 7) is 1.38. The average Bonchev–Trinajstić information content (AvgIpc) is 3.13. The van der Waals surface area contributed by atoms with E-state index in [-0.39, 0.29) is 23.3 Å². The van der Waals surface area contributed by atoms with Gasteiger partial charge in [0.05, 0.1) is 24.1 Å². The number of carbonyl (C=O) groups is 3. The Morgan fingerprint density at radius 1 is 1.00 bits per heavy atom. The van der Waals surface area contributed by atoms with Crippen LogP contribution in [-0.2, 0) is 24.4 Å². The van der Waals surface area contributed by atoms with Gasteiger partial charge < -0.3 is 10.1 Å². The van der Waals surface area contributed by atoms with E-state index in [1.807, 2.05) is 0 Å². The van der Waals surface area contributed by atoms with E-state index in [1.54, 1.807) is 36.4 Å². The molecule has 1 aliphatic heterocycles. The maximum Gasteiger partial charge on any atom is 0.252 e. The van der Waals surface area contributed by atoms with Gasteiger partial charge in [-0.15, -0.1) is 0 Å². The number of ether oxygens (including phenoxy) is 1. The molecule has 2 fully saturated rings. The fourth-order valence-electron chi connectivity index (χ4n) is 4.81. The van der Waals surface area contributed by atoms with Crippen molar-refractivity contribution in [1.82, 2.24) is 4.31 Å². The second kappa shape index (κ2) is 10.2. The topological polar surface area (TPSA) is 113 Å². The van der Waals surface area contributed by atoms with Gasteiger partial charge in [0.1, 0.15) is 11.8 Å². The summed E-state index contributed by atoms with van der Waals surface area (Å²) < 4.78 is 34.1. The van der Waals surface area contributed by atoms with E-state index in [0.717, 1.165) is 24.2 Å². The lowest BCUT2D eigenvalue weighted by atomic mass is 9.94. The van der Waals surface area contributed by atoms with Crippen molar-refractivity contribution in [3.63, 3.8) is 0 Å². The fourth-order valence-corrected chi connectivity index (χ4v) is 6.63. The molecule has 1 saturated heterocycles. The highest BCUT2D eigenvalue weighted by Crippen LogP contribution is 2.35. The Hall–Kier alpha value is -3.24. The maximum atomic E-state index is 13.8. The van der Waals surface area contributed by atoms with E-state index in [4.69, 9.17) is 4.74 Å². The minimum absolute atomic E-state index is 0.0576. The minimum Gasteiger partial charge on any atom is -0.497 e. The number of methoxy groups -OCH3 is 1. The summed E-state index contributed by atoms with van der Waals surface area (Å²) >= 11 is 0. The van der Waals surface area contributed by atoms with Gasteiger partial charge in [-0.05, 0) is 61.4 Å². The number of nitrogens with one attached hydrogen (secondary N) is 1. The molecule has 10 heteroatoms. The molecule has 35 heavy (non-hydrogen) atoms. The SMILES string of the molecule is COc1ccc(S(=O)(=O)N(C2CCCCC2)C2CC(=O)N(c3ccc(NC(C)=O)cc3)C2=O)cc1. The van der Waals surface area contributed by atoms with Gasteiger partial charge in [-0.1, -0.05) is 19.3 Å². The molecule has 1 N–H and O–H groups in total. The van der Waals surface area contributed by atoms with Crippen LogP contribution in [0.3, 0.4) is 0 Å². The first-order valence-electron chi connectivity index (χ1n) is 11.6. The summed E-state index contributed by atoms with van der Waals surface area (Å²) in [5.41, 5.74) is 0.866. The molecule has 0 aromatic heterocycles. The van der Waals surface area contributed by atoms with Crippen molar-refractivity contribution >= 4 is 39.1 Å². The Bertz CT molecular complexity index is 1200. The molecular formula is C25H29N3O6S. The van der Waals surface area contributed by atoms with Crippen molar-refractivity contribution in [2.75, 3.05) is 17.3 Å². The Labute approximate surface area is 205 Å². The molecular weight excluding hydrogens is 470 g/mol. The number of nitrogens with zero attached hydrogens (tertiary/aromatic N) is 2. The lowest BCUT2D eigenvalue weighted by Gasteiger charge is -2.36. The first-order chi connectivity index (χ1) is 16.7. The standard InChI is InChI=1S/C25H29N3O6S/c1-17(29)26-18-8-10-19(11-9-18)27-24(30)16-23(25(27)31)28(20-6-4-3-5-7-20)35(32,33)22-14-12-21(34-2)13-15-22/h8-15,20,23H,3-7,16H2,1-2H3,(H,26,29). The van der Waals surface area contributed by atoms with Crippen molar-refractivity contribution in [2.45, 2.75) is 62.4 Å². The summed E-state index contributed by atoms with van der Waals surface area (Å²) in [6.07, 6.45) is 3.79. The first-order valence-corrected chi connectivity index (χ1v) is 13.1. The average molecular weight is 500 g/mol. The number of hydrogen-bond donors (Lipinski definition) is 1. The molecule has 1 aliphatic carbocycles. The number of imide groups is 1. The Morgan fingerprint density at radius 2 is 1.63 bits per heavy atom. The maximum absolute atomic E-state index is 13.8. The van der Waals surface area contributed by atoms with Gasteiger partial charge in [-0.25, -0.2) is 13.3 Å². The van der Waals surface area contributed by atoms with Crippen LogP contribution in [0.2, 0.25) is 0 Å². The summed E-state index contributed by atoms with van der Waals surface area (Å²) in [5.74, 6) is -0.741. The van der Waals surface area contributed by atoms with E-state index >= 15 is 0 Å². The fraction of sp³-hybridized carbons (Fsp3) is 0.400. The third kappa shape index (κ3) is 5.08. The third-order valence-electron chi connectivity index (χ3n) is 6.45. The lowest BCUT2D eigenvalue weighted by molar-refractivity contribution is -0.122. The first kappa shape index (κ1) is 24.9. The summed E-state index contributed by atoms with van der Waals surface area (Å²) in [5, 5.41) is 2.64. The minimum atomic E-state index is -4.06. The van der Waals surface area contributed by atoms with Gasteiger partial charge in [0.25, 0.3) is 5.91 Å². The van der Waals surface area contributed by atoms with Gasteiger partial charge >= 0.3 is 0 Å². The van der Waals surface area contributed by atoms with Gasteiger partial charge in [0.15, 0.2) is 0 Å². The number of carbonyl (C=O) groups excluding carboxylic acids is 3. The van der Waals surface area contributed by atoms with Crippen LogP contribution in [0.5, 0.6) is 5.75 Å². The van der Waals surface area contributed by atoms with Crippen LogP contribution in [0.25, 0.3) is 0 Å². The molecule has 1 unspecified atom stereocenters. The van der Waals surface area contributed by atoms with Crippen LogP contribution < -0.4 is 15.0 Å². The molecule has 9 nitrogen and oxygen atoms in total. The molecule has 4 rings (SSSR count). The number of benzene rings is 2. The van der Waals surface area contributed by atoms with E-state index < -0.39 is 27.9 Å². The molecule has 1 atom stereocenters. The quantitative estimate of drug-likeness (QED) is 0.585. The molecule has 1 heterocycles. The second-order valence-corrected chi connectivity index (χ2v) is 10.7. The van der Waals surface area contributed by atoms with Crippen LogP contribution in [0, 0.1) is 0 Å². The number of sulfonamides is 1. The van der Waals surface area contributed by atoms with Crippen molar-refractivity contribution in [3.05, 3.63) is 48.5 Å². The Kier molecular flexibility index (Phi) is 7.23. The zero-order valence-corrected chi connectivity index (χ0v) is 20.6. The number of hydrogen-bond acceptors (Lipinski definition) is 6. The van der Waals surface area contributed by atoms with Crippen LogP contribution in [0.4, 0.5) is 11.4 Å².